The van der Waals surface area contributed by atoms with Gasteiger partial charge in [-0.05, 0) is 79.2 Å². The van der Waals surface area contributed by atoms with E-state index in [-0.39, 0.29) is 5.91 Å². The number of amides is 1. The third kappa shape index (κ3) is 4.11. The Labute approximate surface area is 162 Å². The van der Waals surface area contributed by atoms with Gasteiger partial charge >= 0.3 is 0 Å². The Bertz CT molecular complexity index is 891. The molecule has 134 valence electrons. The molecule has 0 saturated carbocycles. The summed E-state index contributed by atoms with van der Waals surface area (Å²) in [6, 6.07) is 13.3. The van der Waals surface area contributed by atoms with Crippen molar-refractivity contribution >= 4 is 46.2 Å². The maximum Gasteiger partial charge on any atom is 0.286 e. The first kappa shape index (κ1) is 18.5. The van der Waals surface area contributed by atoms with Gasteiger partial charge in [0, 0.05) is 17.8 Å². The first-order valence-corrected chi connectivity index (χ1v) is 9.42. The summed E-state index contributed by atoms with van der Waals surface area (Å²) in [5.41, 5.74) is 2.91. The lowest BCUT2D eigenvalue weighted by Crippen LogP contribution is -2.21. The molecule has 0 aromatic heterocycles. The Balaban J connectivity index is 1.78. The van der Waals surface area contributed by atoms with Crippen molar-refractivity contribution in [3.63, 3.8) is 0 Å². The number of anilines is 1. The van der Waals surface area contributed by atoms with Crippen LogP contribution in [0.4, 0.5) is 5.69 Å². The monoisotopic (exact) mass is 386 g/mol. The van der Waals surface area contributed by atoms with Crippen LogP contribution in [0, 0.1) is 6.92 Å². The van der Waals surface area contributed by atoms with Crippen LogP contribution < -0.4 is 9.64 Å². The van der Waals surface area contributed by atoms with Crippen LogP contribution in [0.2, 0.25) is 5.02 Å². The van der Waals surface area contributed by atoms with E-state index >= 15 is 0 Å². The van der Waals surface area contributed by atoms with Crippen LogP contribution in [0.15, 0.2) is 52.4 Å². The number of amidine groups is 1. The molecule has 2 aromatic carbocycles. The molecule has 3 rings (SSSR count). The van der Waals surface area contributed by atoms with E-state index in [0.29, 0.717) is 21.7 Å². The van der Waals surface area contributed by atoms with Gasteiger partial charge in [0.25, 0.3) is 5.91 Å². The first-order chi connectivity index (χ1) is 12.5. The minimum Gasteiger partial charge on any atom is -0.494 e. The summed E-state index contributed by atoms with van der Waals surface area (Å²) < 4.78 is 5.56. The van der Waals surface area contributed by atoms with Crippen molar-refractivity contribution in [1.82, 2.24) is 0 Å². The number of ether oxygens (including phenoxy) is 1. The van der Waals surface area contributed by atoms with Gasteiger partial charge in [0.15, 0.2) is 5.17 Å². The Hall–Kier alpha value is -2.24. The van der Waals surface area contributed by atoms with Crippen LogP contribution in [0.25, 0.3) is 6.08 Å². The highest BCUT2D eigenvalue weighted by Gasteiger charge is 2.25. The maximum absolute atomic E-state index is 12.3. The van der Waals surface area contributed by atoms with E-state index in [4.69, 9.17) is 16.3 Å². The molecule has 6 heteroatoms. The van der Waals surface area contributed by atoms with Gasteiger partial charge in [0.05, 0.1) is 11.5 Å². The van der Waals surface area contributed by atoms with Crippen molar-refractivity contribution < 1.29 is 9.53 Å². The third-order valence-electron chi connectivity index (χ3n) is 3.91. The number of rotatable bonds is 4. The Kier molecular flexibility index (Phi) is 5.69. The van der Waals surface area contributed by atoms with Gasteiger partial charge in [0.2, 0.25) is 0 Å². The predicted molar refractivity (Wildman–Crippen MR) is 110 cm³/mol. The maximum atomic E-state index is 12.3. The van der Waals surface area contributed by atoms with E-state index in [2.05, 4.69) is 4.99 Å². The summed E-state index contributed by atoms with van der Waals surface area (Å²) in [7, 11) is 1.88. The summed E-state index contributed by atoms with van der Waals surface area (Å²) in [6.07, 6.45) is 1.86. The van der Waals surface area contributed by atoms with E-state index in [1.807, 2.05) is 74.3 Å². The molecule has 0 bridgehead atoms. The standard InChI is InChI=1S/C20H19ClN2O2S/c1-4-25-17-10-5-14(11-13(17)2)12-18-19(24)22-20(26-18)23(3)16-8-6-15(21)7-9-16/h5-12H,4H2,1-3H3/b18-12-. The van der Waals surface area contributed by atoms with Gasteiger partial charge in [-0.2, -0.15) is 4.99 Å². The minimum atomic E-state index is -0.225. The van der Waals surface area contributed by atoms with E-state index in [9.17, 15) is 4.79 Å². The third-order valence-corrected chi connectivity index (χ3v) is 5.22. The molecule has 1 heterocycles. The molecule has 0 atom stereocenters. The normalized spacial score (nSPS) is 15.3. The lowest BCUT2D eigenvalue weighted by atomic mass is 10.1. The van der Waals surface area contributed by atoms with Gasteiger partial charge in [-0.15, -0.1) is 0 Å². The quantitative estimate of drug-likeness (QED) is 0.681. The van der Waals surface area contributed by atoms with Gasteiger partial charge in [-0.25, -0.2) is 0 Å². The molecular weight excluding hydrogens is 368 g/mol. The average molecular weight is 387 g/mol. The summed E-state index contributed by atoms with van der Waals surface area (Å²) in [6.45, 7) is 4.58. The second kappa shape index (κ2) is 7.98. The van der Waals surface area contributed by atoms with Crippen LogP contribution in [-0.2, 0) is 4.79 Å². The highest BCUT2D eigenvalue weighted by molar-refractivity contribution is 8.18. The molecule has 2 aromatic rings. The lowest BCUT2D eigenvalue weighted by Gasteiger charge is -2.17. The topological polar surface area (TPSA) is 41.9 Å². The molecule has 1 aliphatic rings. The lowest BCUT2D eigenvalue weighted by molar-refractivity contribution is -0.113. The van der Waals surface area contributed by atoms with Crippen LogP contribution in [0.3, 0.4) is 0 Å². The average Bonchev–Trinajstić information content (AvgIpc) is 2.98. The number of carbonyl (C=O) groups excluding carboxylic acids is 1. The van der Waals surface area contributed by atoms with Gasteiger partial charge in [-0.1, -0.05) is 17.7 Å². The van der Waals surface area contributed by atoms with Crippen LogP contribution in [0.5, 0.6) is 5.75 Å². The Morgan fingerprint density at radius 2 is 1.96 bits per heavy atom. The Morgan fingerprint density at radius 1 is 1.23 bits per heavy atom. The van der Waals surface area contributed by atoms with Crippen molar-refractivity contribution in [2.24, 2.45) is 4.99 Å². The van der Waals surface area contributed by atoms with Crippen molar-refractivity contribution in [1.29, 1.82) is 0 Å². The minimum absolute atomic E-state index is 0.225. The van der Waals surface area contributed by atoms with Crippen LogP contribution in [-0.4, -0.2) is 24.7 Å². The smallest absolute Gasteiger partial charge is 0.286 e. The molecule has 4 nitrogen and oxygen atoms in total. The zero-order valence-corrected chi connectivity index (χ0v) is 16.4. The van der Waals surface area contributed by atoms with Gasteiger partial charge < -0.3 is 9.64 Å². The second-order valence-electron chi connectivity index (χ2n) is 5.80. The Morgan fingerprint density at radius 3 is 2.62 bits per heavy atom. The summed E-state index contributed by atoms with van der Waals surface area (Å²) in [5, 5.41) is 1.32. The molecule has 26 heavy (non-hydrogen) atoms. The van der Waals surface area contributed by atoms with Crippen LogP contribution in [0.1, 0.15) is 18.1 Å². The summed E-state index contributed by atoms with van der Waals surface area (Å²) >= 11 is 7.29. The van der Waals surface area contributed by atoms with Crippen molar-refractivity contribution in [3.8, 4) is 5.75 Å². The fourth-order valence-corrected chi connectivity index (χ4v) is 3.57. The molecule has 0 radical (unpaired) electrons. The fourth-order valence-electron chi connectivity index (χ4n) is 2.55. The van der Waals surface area contributed by atoms with Gasteiger partial charge in [-0.3, -0.25) is 4.79 Å². The van der Waals surface area contributed by atoms with E-state index in [1.165, 1.54) is 11.8 Å². The summed E-state index contributed by atoms with van der Waals surface area (Å²) in [4.78, 5) is 18.9. The zero-order chi connectivity index (χ0) is 18.7. The van der Waals surface area contributed by atoms with E-state index in [0.717, 1.165) is 22.6 Å². The highest BCUT2D eigenvalue weighted by atomic mass is 35.5. The molecule has 0 fully saturated rings. The van der Waals surface area contributed by atoms with Gasteiger partial charge in [0.1, 0.15) is 5.75 Å². The van der Waals surface area contributed by atoms with Crippen molar-refractivity contribution in [2.75, 3.05) is 18.6 Å². The molecule has 1 aliphatic heterocycles. The largest absolute Gasteiger partial charge is 0.494 e. The number of hydrogen-bond donors (Lipinski definition) is 0. The number of aliphatic imine (C=N–C) groups is 1. The summed E-state index contributed by atoms with van der Waals surface area (Å²) in [5.74, 6) is 0.636. The first-order valence-electron chi connectivity index (χ1n) is 8.23. The number of carbonyl (C=O) groups is 1. The number of hydrogen-bond acceptors (Lipinski definition) is 4. The van der Waals surface area contributed by atoms with Crippen molar-refractivity contribution in [2.45, 2.75) is 13.8 Å². The molecular formula is C20H19ClN2O2S. The molecule has 0 N–H and O–H groups in total. The fraction of sp³-hybridized carbons (Fsp3) is 0.200. The number of halogens is 1. The van der Waals surface area contributed by atoms with E-state index in [1.54, 1.807) is 0 Å². The predicted octanol–water partition coefficient (Wildman–Crippen LogP) is 5.15. The van der Waals surface area contributed by atoms with Crippen LogP contribution >= 0.6 is 23.4 Å². The molecule has 0 saturated heterocycles. The SMILES string of the molecule is CCOc1ccc(/C=C2\SC(N(C)c3ccc(Cl)cc3)=NC2=O)cc1C. The molecule has 0 spiro atoms. The number of nitrogens with zero attached hydrogens (tertiary/aromatic N) is 2. The zero-order valence-electron chi connectivity index (χ0n) is 14.8. The molecule has 0 aliphatic carbocycles. The number of thioether (sulfide) groups is 1. The molecule has 0 unspecified atom stereocenters. The number of aryl methyl sites for hydroxylation is 1. The van der Waals surface area contributed by atoms with Crippen molar-refractivity contribution in [3.05, 3.63) is 63.5 Å². The second-order valence-corrected chi connectivity index (χ2v) is 7.25. The number of benzene rings is 2. The highest BCUT2D eigenvalue weighted by Crippen LogP contribution is 2.32. The molecule has 1 amide bonds. The van der Waals surface area contributed by atoms with E-state index < -0.39 is 0 Å².